The number of nitrogens with zero attached hydrogens (tertiary/aromatic N) is 5. The van der Waals surface area contributed by atoms with Gasteiger partial charge in [0.05, 0.1) is 41.1 Å². The number of aliphatic carboxylic acids is 1. The minimum Gasteiger partial charge on any atom is -0.479 e. The molecule has 2 saturated heterocycles. The molecule has 1 amide bonds. The van der Waals surface area contributed by atoms with Crippen LogP contribution in [0, 0.1) is 27.9 Å². The molecule has 0 radical (unpaired) electrons. The highest BCUT2D eigenvalue weighted by Gasteiger charge is 2.54. The number of carbonyl (C=O) groups is 3. The molecule has 4 aromatic rings. The number of aryl methyl sites for hydroxylation is 2. The molecule has 15 atom stereocenters. The van der Waals surface area contributed by atoms with Crippen LogP contribution in [-0.4, -0.2) is 166 Å². The molecule has 7 N–H and O–H groups in total. The molecule has 2 aliphatic heterocycles. The first-order valence-corrected chi connectivity index (χ1v) is 25.6. The number of esters is 1. The molecule has 4 fully saturated rings. The van der Waals surface area contributed by atoms with Gasteiger partial charge < -0.3 is 68.9 Å². The number of aromatic nitrogens is 4. The number of carboxylic acids is 1. The fourth-order valence-electron chi connectivity index (χ4n) is 10.7. The zero-order chi connectivity index (χ0) is 52.6. The number of nitrogens with one attached hydrogen (secondary N) is 1. The number of aliphatic hydroxyl groups is 5. The number of ether oxygens (including phenoxy) is 6. The molecule has 2 saturated carbocycles. The fourth-order valence-corrected chi connectivity index (χ4v) is 10.7. The summed E-state index contributed by atoms with van der Waals surface area (Å²) in [6, 6.07) is 14.5. The van der Waals surface area contributed by atoms with E-state index in [2.05, 4.69) is 15.6 Å². The van der Waals surface area contributed by atoms with Gasteiger partial charge in [-0.25, -0.2) is 9.59 Å². The number of amides is 1. The van der Waals surface area contributed by atoms with E-state index in [0.717, 1.165) is 43.0 Å². The zero-order valence-electron chi connectivity index (χ0n) is 41.4. The average Bonchev–Trinajstić information content (AvgIpc) is 4.03. The maximum Gasteiger partial charge on any atom is 0.338 e. The van der Waals surface area contributed by atoms with Gasteiger partial charge in [0.2, 0.25) is 5.91 Å². The molecule has 8 rings (SSSR count). The second-order valence-corrected chi connectivity index (χ2v) is 20.1. The molecule has 0 unspecified atom stereocenters. The predicted molar refractivity (Wildman–Crippen MR) is 259 cm³/mol. The Morgan fingerprint density at radius 1 is 0.892 bits per heavy atom. The molecule has 0 bridgehead atoms. The molecule has 4 heterocycles. The molecule has 74 heavy (non-hydrogen) atoms. The zero-order valence-corrected chi connectivity index (χ0v) is 41.4. The normalized spacial score (nSPS) is 31.2. The highest BCUT2D eigenvalue weighted by Crippen LogP contribution is 2.39. The lowest BCUT2D eigenvalue weighted by atomic mass is 9.77. The summed E-state index contributed by atoms with van der Waals surface area (Å²) in [5.74, 6) is -3.74. The van der Waals surface area contributed by atoms with Gasteiger partial charge in [-0.3, -0.25) is 19.6 Å². The van der Waals surface area contributed by atoms with Crippen molar-refractivity contribution in [2.45, 2.75) is 171 Å². The first-order valence-electron chi connectivity index (χ1n) is 25.6. The lowest BCUT2D eigenvalue weighted by Crippen LogP contribution is -2.64. The van der Waals surface area contributed by atoms with Crippen molar-refractivity contribution < 1.29 is 78.4 Å². The van der Waals surface area contributed by atoms with Crippen LogP contribution in [0.2, 0.25) is 0 Å². The number of aliphatic hydroxyl groups excluding tert-OH is 5. The van der Waals surface area contributed by atoms with E-state index in [4.69, 9.17) is 28.4 Å². The van der Waals surface area contributed by atoms with Crippen LogP contribution >= 0.6 is 0 Å². The van der Waals surface area contributed by atoms with Crippen molar-refractivity contribution in [3.05, 3.63) is 88.4 Å². The first kappa shape index (κ1) is 54.8. The van der Waals surface area contributed by atoms with E-state index in [-0.39, 0.29) is 48.9 Å². The summed E-state index contributed by atoms with van der Waals surface area (Å²) in [6.07, 6.45) is -9.35. The molecule has 23 heteroatoms. The average molecular weight is 1040 g/mol. The van der Waals surface area contributed by atoms with Gasteiger partial charge in [0.15, 0.2) is 24.8 Å². The fraction of sp³-hybridized carbons (Fsp3) is 0.627. The van der Waals surface area contributed by atoms with Gasteiger partial charge in [-0.2, -0.15) is 0 Å². The number of hydrogen-bond acceptors (Lipinski definition) is 18. The van der Waals surface area contributed by atoms with Gasteiger partial charge in [-0.15, -0.1) is 5.10 Å². The van der Waals surface area contributed by atoms with Crippen LogP contribution in [0.5, 0.6) is 0 Å². The maximum absolute atomic E-state index is 14.1. The van der Waals surface area contributed by atoms with Crippen LogP contribution in [0.4, 0.5) is 5.69 Å². The van der Waals surface area contributed by atoms with Crippen LogP contribution in [0.15, 0.2) is 67.0 Å². The number of hydrogen-bond donors (Lipinski definition) is 7. The third kappa shape index (κ3) is 13.1. The third-order valence-electron chi connectivity index (χ3n) is 14.8. The van der Waals surface area contributed by atoms with Crippen molar-refractivity contribution in [2.75, 3.05) is 13.2 Å². The molecule has 23 nitrogen and oxygen atoms in total. The quantitative estimate of drug-likeness (QED) is 0.0358. The van der Waals surface area contributed by atoms with E-state index in [1.807, 2.05) is 16.8 Å². The number of benzene rings is 2. The van der Waals surface area contributed by atoms with E-state index in [0.29, 0.717) is 31.6 Å². The largest absolute Gasteiger partial charge is 0.479 e. The van der Waals surface area contributed by atoms with Crippen LogP contribution in [-0.2, 0) is 57.5 Å². The summed E-state index contributed by atoms with van der Waals surface area (Å²) in [6.45, 7) is 3.89. The van der Waals surface area contributed by atoms with Crippen LogP contribution in [0.25, 0.3) is 10.9 Å². The third-order valence-corrected chi connectivity index (χ3v) is 14.8. The van der Waals surface area contributed by atoms with Crippen LogP contribution in [0.3, 0.4) is 0 Å². The SMILES string of the molecule is C[C@@H]1O[C@@H](O[C@@H]2[C@@H](C)C[C@@H](C(=O)NCCc3cn(CCCn4ccc5cc([N+](=O)[O-])ccc54)nn3)C[C@H]2O[C@@H]2O[C@H](CO)[C@H](O)[C@H](O[C@@H](CC3CCCCC3)C(=O)O)[C@H]2OC(=O)c2ccccc2)[C@@H](O)[C@H](O)[C@@H]1O. The lowest BCUT2D eigenvalue weighted by Gasteiger charge is -2.48. The topological polar surface area (TPSA) is 319 Å². The van der Waals surface area contributed by atoms with Crippen molar-refractivity contribution >= 4 is 34.4 Å². The number of rotatable bonds is 21. The monoisotopic (exact) mass is 1040 g/mol. The van der Waals surface area contributed by atoms with Crippen LogP contribution in [0.1, 0.15) is 87.7 Å². The van der Waals surface area contributed by atoms with E-state index >= 15 is 0 Å². The van der Waals surface area contributed by atoms with Crippen molar-refractivity contribution in [2.24, 2.45) is 17.8 Å². The number of fused-ring (bicyclic) bond motifs is 1. The Morgan fingerprint density at radius 2 is 1.66 bits per heavy atom. The summed E-state index contributed by atoms with van der Waals surface area (Å²) in [7, 11) is 0. The molecule has 2 aliphatic carbocycles. The summed E-state index contributed by atoms with van der Waals surface area (Å²) >= 11 is 0. The van der Waals surface area contributed by atoms with E-state index < -0.39 is 115 Å². The minimum absolute atomic E-state index is 0.0254. The molecule has 2 aromatic carbocycles. The van der Waals surface area contributed by atoms with Gasteiger partial charge in [-0.1, -0.05) is 62.4 Å². The molecule has 404 valence electrons. The number of nitro groups is 1. The predicted octanol–water partition coefficient (Wildman–Crippen LogP) is 2.65. The van der Waals surface area contributed by atoms with E-state index in [9.17, 15) is 55.1 Å². The number of nitro benzene ring substituents is 1. The first-order chi connectivity index (χ1) is 35.6. The van der Waals surface area contributed by atoms with Gasteiger partial charge in [0.1, 0.15) is 36.6 Å². The van der Waals surface area contributed by atoms with Crippen molar-refractivity contribution in [3.8, 4) is 0 Å². The molecule has 0 spiro atoms. The minimum atomic E-state index is -1.71. The maximum atomic E-state index is 14.1. The van der Waals surface area contributed by atoms with E-state index in [1.165, 1.54) is 25.1 Å². The summed E-state index contributed by atoms with van der Waals surface area (Å²) in [4.78, 5) is 51.6. The molecular formula is C51H68N6O17. The molecular weight excluding hydrogens is 969 g/mol. The second kappa shape index (κ2) is 24.9. The highest BCUT2D eigenvalue weighted by molar-refractivity contribution is 5.89. The molecule has 2 aromatic heterocycles. The molecule has 4 aliphatic rings. The summed E-state index contributed by atoms with van der Waals surface area (Å²) in [5.41, 5.74) is 1.66. The van der Waals surface area contributed by atoms with Gasteiger partial charge in [-0.05, 0) is 68.7 Å². The van der Waals surface area contributed by atoms with Gasteiger partial charge in [0.25, 0.3) is 5.69 Å². The number of carboxylic acid groups (broad SMARTS) is 1. The Hall–Kier alpha value is -5.47. The van der Waals surface area contributed by atoms with Gasteiger partial charge in [0, 0.05) is 67.4 Å². The van der Waals surface area contributed by atoms with Crippen LogP contribution < -0.4 is 5.32 Å². The summed E-state index contributed by atoms with van der Waals surface area (Å²) in [5, 5.41) is 88.4. The Bertz CT molecular complexity index is 2510. The number of non-ortho nitro benzene ring substituents is 1. The smallest absolute Gasteiger partial charge is 0.338 e. The van der Waals surface area contributed by atoms with Crippen molar-refractivity contribution in [1.29, 1.82) is 0 Å². The second-order valence-electron chi connectivity index (χ2n) is 20.1. The standard InChI is InChI=1S/C51H68N6O17/c1-28-22-33(47(63)52-18-16-34-26-56(54-53-34)20-9-19-55-21-17-32-24-35(57(67)68)14-15-36(32)55)25-37(44(28)74-50-43(62)42(61)40(59)29(2)69-50)71-51-46(73-49(66)31-12-7-4-8-13-31)45(41(60)39(27-58)72-51)70-38(48(64)65)23-30-10-5-3-6-11-30/h4,7-8,12-15,17,21,24,26,28-30,33,37-46,50-51,58-62H,3,5-6,9-11,16,18-20,22-23,25,27H2,1-2H3,(H,52,63)(H,64,65)/t28-,29-,33+,37+,38-,39+,40+,41-,42+,43-,44+,45-,46+,50-,51+/m0/s1. The number of carbonyl (C=O) groups excluding carboxylic acids is 2. The highest BCUT2D eigenvalue weighted by atomic mass is 16.7. The van der Waals surface area contributed by atoms with Gasteiger partial charge >= 0.3 is 11.9 Å². The Morgan fingerprint density at radius 3 is 2.39 bits per heavy atom. The Labute approximate surface area is 426 Å². The van der Waals surface area contributed by atoms with E-state index in [1.54, 1.807) is 48.1 Å². The summed E-state index contributed by atoms with van der Waals surface area (Å²) < 4.78 is 41.2. The van der Waals surface area contributed by atoms with Crippen molar-refractivity contribution in [1.82, 2.24) is 24.9 Å². The Kier molecular flexibility index (Phi) is 18.4. The Balaban J connectivity index is 0.981. The lowest BCUT2D eigenvalue weighted by molar-refractivity contribution is -0.384. The van der Waals surface area contributed by atoms with Crippen molar-refractivity contribution in [3.63, 3.8) is 0 Å².